The van der Waals surface area contributed by atoms with Crippen molar-refractivity contribution >= 4 is 22.5 Å². The molecule has 0 spiro atoms. The first kappa shape index (κ1) is 16.7. The molecular formula is C19H20FN5O. The van der Waals surface area contributed by atoms with Crippen molar-refractivity contribution in [3.8, 4) is 11.1 Å². The van der Waals surface area contributed by atoms with E-state index >= 15 is 0 Å². The molecule has 3 heterocycles. The summed E-state index contributed by atoms with van der Waals surface area (Å²) in [7, 11) is 1.87. The van der Waals surface area contributed by atoms with Gasteiger partial charge >= 0.3 is 0 Å². The van der Waals surface area contributed by atoms with E-state index in [1.54, 1.807) is 23.1 Å². The zero-order valence-electron chi connectivity index (χ0n) is 14.5. The van der Waals surface area contributed by atoms with E-state index in [4.69, 9.17) is 0 Å². The van der Waals surface area contributed by atoms with E-state index in [0.717, 1.165) is 21.9 Å². The number of aryl methyl sites for hydroxylation is 1. The molecule has 1 saturated heterocycles. The summed E-state index contributed by atoms with van der Waals surface area (Å²) in [5, 5.41) is 11.8. The van der Waals surface area contributed by atoms with Crippen LogP contribution in [0.3, 0.4) is 0 Å². The fourth-order valence-corrected chi connectivity index (χ4v) is 3.24. The molecule has 0 radical (unpaired) electrons. The van der Waals surface area contributed by atoms with E-state index in [0.29, 0.717) is 18.9 Å². The van der Waals surface area contributed by atoms with Gasteiger partial charge in [-0.3, -0.25) is 9.48 Å². The van der Waals surface area contributed by atoms with E-state index in [-0.39, 0.29) is 12.8 Å². The van der Waals surface area contributed by atoms with Crippen molar-refractivity contribution in [2.45, 2.75) is 18.5 Å². The number of benzene rings is 1. The fraction of sp³-hybridized carbons (Fsp3) is 0.316. The molecule has 26 heavy (non-hydrogen) atoms. The highest BCUT2D eigenvalue weighted by atomic mass is 19.1. The molecule has 6 nitrogen and oxygen atoms in total. The van der Waals surface area contributed by atoms with Gasteiger partial charge in [-0.2, -0.15) is 5.10 Å². The van der Waals surface area contributed by atoms with Crippen LogP contribution in [-0.2, 0) is 11.8 Å². The molecular weight excluding hydrogens is 333 g/mol. The van der Waals surface area contributed by atoms with Crippen molar-refractivity contribution in [2.24, 2.45) is 7.05 Å². The van der Waals surface area contributed by atoms with Gasteiger partial charge in [-0.1, -0.05) is 12.1 Å². The molecule has 4 rings (SSSR count). The van der Waals surface area contributed by atoms with E-state index in [2.05, 4.69) is 20.7 Å². The van der Waals surface area contributed by atoms with Crippen molar-refractivity contribution in [3.05, 3.63) is 42.9 Å². The number of amides is 1. The number of alkyl halides is 1. The number of pyridine rings is 1. The van der Waals surface area contributed by atoms with Crippen molar-refractivity contribution in [2.75, 3.05) is 18.4 Å². The van der Waals surface area contributed by atoms with Crippen LogP contribution in [0.4, 0.5) is 10.2 Å². The first-order chi connectivity index (χ1) is 12.5. The second kappa shape index (κ2) is 6.49. The third-order valence-corrected chi connectivity index (χ3v) is 4.80. The van der Waals surface area contributed by atoms with Gasteiger partial charge in [-0.05, 0) is 36.2 Å². The molecule has 3 aromatic rings. The minimum absolute atomic E-state index is 0.178. The molecule has 0 aliphatic carbocycles. The number of nitrogens with one attached hydrogen (secondary N) is 2. The molecule has 134 valence electrons. The molecule has 0 atom stereocenters. The van der Waals surface area contributed by atoms with Crippen LogP contribution in [0.25, 0.3) is 21.9 Å². The van der Waals surface area contributed by atoms with Crippen LogP contribution >= 0.6 is 0 Å². The molecule has 1 amide bonds. The van der Waals surface area contributed by atoms with Gasteiger partial charge in [-0.15, -0.1) is 0 Å². The molecule has 2 N–H and O–H groups in total. The lowest BCUT2D eigenvalue weighted by Crippen LogP contribution is -2.47. The zero-order valence-corrected chi connectivity index (χ0v) is 14.5. The Bertz CT molecular complexity index is 961. The van der Waals surface area contributed by atoms with Crippen LogP contribution in [0.5, 0.6) is 0 Å². The average molecular weight is 353 g/mol. The molecule has 1 fully saturated rings. The summed E-state index contributed by atoms with van der Waals surface area (Å²) in [6.45, 7) is 1.01. The quantitative estimate of drug-likeness (QED) is 0.759. The third kappa shape index (κ3) is 3.17. The lowest BCUT2D eigenvalue weighted by molar-refractivity contribution is -0.129. The summed E-state index contributed by atoms with van der Waals surface area (Å²) >= 11 is 0. The number of fused-ring (bicyclic) bond motifs is 1. The number of carbonyl (C=O) groups excluding carboxylic acids is 1. The topological polar surface area (TPSA) is 71.8 Å². The molecule has 7 heteroatoms. The Kier molecular flexibility index (Phi) is 4.16. The minimum atomic E-state index is -1.83. The van der Waals surface area contributed by atoms with Gasteiger partial charge < -0.3 is 10.6 Å². The Labute approximate surface area is 150 Å². The SMILES string of the molecule is Cn1cc(-c2ccc3cnc(NC(=O)C4(F)CCNCC4)cc3c2)cn1. The van der Waals surface area contributed by atoms with Gasteiger partial charge in [-0.25, -0.2) is 9.37 Å². The fourth-order valence-electron chi connectivity index (χ4n) is 3.24. The van der Waals surface area contributed by atoms with Gasteiger partial charge in [0.15, 0.2) is 5.67 Å². The highest BCUT2D eigenvalue weighted by Crippen LogP contribution is 2.27. The lowest BCUT2D eigenvalue weighted by atomic mass is 9.93. The van der Waals surface area contributed by atoms with E-state index in [1.807, 2.05) is 31.4 Å². The van der Waals surface area contributed by atoms with Gasteiger partial charge in [0.05, 0.1) is 6.20 Å². The Morgan fingerprint density at radius 3 is 2.73 bits per heavy atom. The number of nitrogens with zero attached hydrogens (tertiary/aromatic N) is 3. The van der Waals surface area contributed by atoms with Gasteiger partial charge in [0.2, 0.25) is 0 Å². The molecule has 1 aliphatic rings. The van der Waals surface area contributed by atoms with Crippen molar-refractivity contribution in [1.82, 2.24) is 20.1 Å². The number of hydrogen-bond donors (Lipinski definition) is 2. The summed E-state index contributed by atoms with van der Waals surface area (Å²) in [5.41, 5.74) is 0.197. The van der Waals surface area contributed by atoms with Gasteiger partial charge in [0.1, 0.15) is 5.82 Å². The number of piperidine rings is 1. The summed E-state index contributed by atoms with van der Waals surface area (Å²) in [6.07, 6.45) is 5.78. The van der Waals surface area contributed by atoms with E-state index in [9.17, 15) is 9.18 Å². The second-order valence-corrected chi connectivity index (χ2v) is 6.70. The van der Waals surface area contributed by atoms with Gasteiger partial charge in [0.25, 0.3) is 5.91 Å². The summed E-state index contributed by atoms with van der Waals surface area (Å²) in [5.74, 6) is -0.254. The number of rotatable bonds is 3. The van der Waals surface area contributed by atoms with Crippen molar-refractivity contribution < 1.29 is 9.18 Å². The molecule has 1 aromatic carbocycles. The van der Waals surface area contributed by atoms with E-state index in [1.165, 1.54) is 0 Å². The van der Waals surface area contributed by atoms with E-state index < -0.39 is 11.6 Å². The minimum Gasteiger partial charge on any atom is -0.316 e. The van der Waals surface area contributed by atoms with Crippen LogP contribution in [0.2, 0.25) is 0 Å². The summed E-state index contributed by atoms with van der Waals surface area (Å²) in [4.78, 5) is 16.6. The zero-order chi connectivity index (χ0) is 18.1. The van der Waals surface area contributed by atoms with Gasteiger partial charge in [0, 0.05) is 43.2 Å². The smallest absolute Gasteiger partial charge is 0.263 e. The molecule has 0 unspecified atom stereocenters. The maximum atomic E-state index is 14.8. The summed E-state index contributed by atoms with van der Waals surface area (Å²) in [6, 6.07) is 7.77. The van der Waals surface area contributed by atoms with Crippen LogP contribution in [0.15, 0.2) is 42.9 Å². The molecule has 0 bridgehead atoms. The molecule has 1 aliphatic heterocycles. The maximum Gasteiger partial charge on any atom is 0.263 e. The lowest BCUT2D eigenvalue weighted by Gasteiger charge is -2.28. The summed E-state index contributed by atoms with van der Waals surface area (Å²) < 4.78 is 16.5. The molecule has 0 saturated carbocycles. The largest absolute Gasteiger partial charge is 0.316 e. The highest BCUT2D eigenvalue weighted by Gasteiger charge is 2.39. The van der Waals surface area contributed by atoms with Crippen molar-refractivity contribution in [3.63, 3.8) is 0 Å². The predicted octanol–water partition coefficient (Wildman–Crippen LogP) is 2.67. The average Bonchev–Trinajstić information content (AvgIpc) is 3.08. The predicted molar refractivity (Wildman–Crippen MR) is 98.5 cm³/mol. The maximum absolute atomic E-state index is 14.8. The second-order valence-electron chi connectivity index (χ2n) is 6.70. The number of anilines is 1. The first-order valence-corrected chi connectivity index (χ1v) is 8.63. The van der Waals surface area contributed by atoms with Crippen molar-refractivity contribution in [1.29, 1.82) is 0 Å². The van der Waals surface area contributed by atoms with Crippen LogP contribution in [-0.4, -0.2) is 39.4 Å². The highest BCUT2D eigenvalue weighted by molar-refractivity contribution is 5.98. The molecule has 2 aromatic heterocycles. The normalized spacial score (nSPS) is 16.5. The van der Waals surface area contributed by atoms with Crippen LogP contribution in [0, 0.1) is 0 Å². The van der Waals surface area contributed by atoms with Crippen LogP contribution in [0.1, 0.15) is 12.8 Å². The number of aromatic nitrogens is 3. The Morgan fingerprint density at radius 1 is 1.19 bits per heavy atom. The first-order valence-electron chi connectivity index (χ1n) is 8.63. The monoisotopic (exact) mass is 353 g/mol. The number of carbonyl (C=O) groups is 1. The number of halogens is 1. The Hall–Kier alpha value is -2.80. The number of hydrogen-bond acceptors (Lipinski definition) is 4. The third-order valence-electron chi connectivity index (χ3n) is 4.80. The standard InChI is InChI=1S/C19H20FN5O/c1-25-12-16(11-23-25)13-2-3-14-10-22-17(9-15(14)8-13)24-18(26)19(20)4-6-21-7-5-19/h2-3,8-12,21H,4-7H2,1H3,(H,22,24,26). The Balaban J connectivity index is 1.61. The Morgan fingerprint density at radius 2 is 2.00 bits per heavy atom. The van der Waals surface area contributed by atoms with Crippen LogP contribution < -0.4 is 10.6 Å².